The third-order valence-electron chi connectivity index (χ3n) is 3.84. The van der Waals surface area contributed by atoms with Crippen LogP contribution in [-0.4, -0.2) is 36.0 Å². The Morgan fingerprint density at radius 2 is 1.93 bits per heavy atom. The van der Waals surface area contributed by atoms with Crippen molar-refractivity contribution in [3.63, 3.8) is 0 Å². The number of nitrogens with one attached hydrogen (secondary N) is 1. The number of rotatable bonds is 6. The molecule has 8 heteroatoms. The number of carbonyl (C=O) groups excluding carboxylic acids is 3. The van der Waals surface area contributed by atoms with Crippen LogP contribution in [0.15, 0.2) is 42.6 Å². The fraction of sp³-hybridized carbons (Fsp3) is 0.200. The van der Waals surface area contributed by atoms with Crippen LogP contribution in [0.1, 0.15) is 32.5 Å². The summed E-state index contributed by atoms with van der Waals surface area (Å²) < 4.78 is 10.1. The van der Waals surface area contributed by atoms with Crippen molar-refractivity contribution < 1.29 is 23.9 Å². The number of carbonyl (C=O) groups is 3. The Hall–Kier alpha value is -3.26. The van der Waals surface area contributed by atoms with Crippen LogP contribution in [0.2, 0.25) is 0 Å². The molecule has 0 spiro atoms. The largest absolute Gasteiger partial charge is 0.462 e. The molecule has 0 bridgehead atoms. The van der Waals surface area contributed by atoms with E-state index < -0.39 is 24.5 Å². The van der Waals surface area contributed by atoms with Gasteiger partial charge in [0.2, 0.25) is 0 Å². The summed E-state index contributed by atoms with van der Waals surface area (Å²) in [4.78, 5) is 40.9. The number of fused-ring (bicyclic) bond motifs is 1. The van der Waals surface area contributed by atoms with E-state index in [1.165, 1.54) is 0 Å². The van der Waals surface area contributed by atoms with Crippen molar-refractivity contribution in [2.75, 3.05) is 18.5 Å². The maximum Gasteiger partial charge on any atom is 0.348 e. The minimum Gasteiger partial charge on any atom is -0.462 e. The van der Waals surface area contributed by atoms with E-state index in [4.69, 9.17) is 9.47 Å². The van der Waals surface area contributed by atoms with Crippen molar-refractivity contribution in [3.8, 4) is 0 Å². The average Bonchev–Trinajstić information content (AvgIpc) is 3.06. The van der Waals surface area contributed by atoms with E-state index in [1.54, 1.807) is 56.4 Å². The summed E-state index contributed by atoms with van der Waals surface area (Å²) in [5, 5.41) is 3.76. The number of esters is 2. The van der Waals surface area contributed by atoms with Gasteiger partial charge in [0.25, 0.3) is 5.91 Å². The molecule has 0 radical (unpaired) electrons. The van der Waals surface area contributed by atoms with Crippen molar-refractivity contribution in [3.05, 3.63) is 58.6 Å². The fourth-order valence-corrected chi connectivity index (χ4v) is 3.59. The highest BCUT2D eigenvalue weighted by Crippen LogP contribution is 2.27. The molecule has 0 saturated carbocycles. The summed E-state index contributed by atoms with van der Waals surface area (Å²) in [6, 6.07) is 10.3. The fourth-order valence-electron chi connectivity index (χ4n) is 2.61. The molecule has 0 saturated heterocycles. The smallest absolute Gasteiger partial charge is 0.348 e. The second-order valence-electron chi connectivity index (χ2n) is 5.84. The van der Waals surface area contributed by atoms with Crippen LogP contribution in [0.4, 0.5) is 5.00 Å². The van der Waals surface area contributed by atoms with Gasteiger partial charge in [-0.3, -0.25) is 9.78 Å². The summed E-state index contributed by atoms with van der Waals surface area (Å²) in [5.74, 6) is -1.53. The normalized spacial score (nSPS) is 10.5. The minimum atomic E-state index is -0.608. The van der Waals surface area contributed by atoms with Gasteiger partial charge in [-0.2, -0.15) is 0 Å². The molecule has 0 aliphatic carbocycles. The van der Waals surface area contributed by atoms with Crippen molar-refractivity contribution in [1.29, 1.82) is 0 Å². The molecule has 3 aromatic rings. The maximum absolute atomic E-state index is 12.3. The molecule has 28 heavy (non-hydrogen) atoms. The zero-order chi connectivity index (χ0) is 20.1. The number of benzene rings is 1. The maximum atomic E-state index is 12.3. The number of hydrogen-bond acceptors (Lipinski definition) is 7. The molecule has 2 heterocycles. The molecule has 0 aliphatic rings. The third kappa shape index (κ3) is 4.34. The predicted octanol–water partition coefficient (Wildman–Crippen LogP) is 3.58. The topological polar surface area (TPSA) is 94.6 Å². The quantitative estimate of drug-likeness (QED) is 0.638. The zero-order valence-corrected chi connectivity index (χ0v) is 16.2. The van der Waals surface area contributed by atoms with Gasteiger partial charge in [-0.1, -0.05) is 12.1 Å². The lowest BCUT2D eigenvalue weighted by Crippen LogP contribution is -2.20. The number of thiophene rings is 1. The second-order valence-corrected chi connectivity index (χ2v) is 6.90. The van der Waals surface area contributed by atoms with Crippen LogP contribution in [0.25, 0.3) is 10.9 Å². The predicted molar refractivity (Wildman–Crippen MR) is 106 cm³/mol. The first kappa shape index (κ1) is 19.5. The number of aromatic nitrogens is 1. The third-order valence-corrected chi connectivity index (χ3v) is 4.97. The van der Waals surface area contributed by atoms with Crippen LogP contribution in [0.5, 0.6) is 0 Å². The van der Waals surface area contributed by atoms with Crippen molar-refractivity contribution in [2.24, 2.45) is 0 Å². The van der Waals surface area contributed by atoms with Gasteiger partial charge in [0.1, 0.15) is 4.88 Å². The highest BCUT2D eigenvalue weighted by molar-refractivity contribution is 7.18. The Bertz CT molecular complexity index is 1040. The van der Waals surface area contributed by atoms with Gasteiger partial charge in [0, 0.05) is 11.6 Å². The van der Waals surface area contributed by atoms with Gasteiger partial charge in [-0.15, -0.1) is 11.3 Å². The average molecular weight is 398 g/mol. The first-order valence-electron chi connectivity index (χ1n) is 8.58. The Balaban J connectivity index is 1.62. The molecule has 1 N–H and O–H groups in total. The van der Waals surface area contributed by atoms with Crippen molar-refractivity contribution in [1.82, 2.24) is 4.98 Å². The molecular weight excluding hydrogens is 380 g/mol. The molecule has 7 nitrogen and oxygen atoms in total. The van der Waals surface area contributed by atoms with Gasteiger partial charge in [-0.25, -0.2) is 9.59 Å². The van der Waals surface area contributed by atoms with Crippen LogP contribution >= 0.6 is 11.3 Å². The molecule has 0 unspecified atom stereocenters. The van der Waals surface area contributed by atoms with E-state index in [-0.39, 0.29) is 6.61 Å². The SMILES string of the molecule is CCOC(=O)c1sc(NC(=O)COC(=O)c2cccc3ncccc23)cc1C. The van der Waals surface area contributed by atoms with Crippen LogP contribution in [0.3, 0.4) is 0 Å². The monoisotopic (exact) mass is 398 g/mol. The molecular formula is C20H18N2O5S. The summed E-state index contributed by atoms with van der Waals surface area (Å²) in [5.41, 5.74) is 1.72. The highest BCUT2D eigenvalue weighted by atomic mass is 32.1. The van der Waals surface area contributed by atoms with Crippen molar-refractivity contribution >= 4 is 45.1 Å². The molecule has 1 amide bonds. The number of ether oxygens (including phenoxy) is 2. The van der Waals surface area contributed by atoms with E-state index in [0.29, 0.717) is 31.9 Å². The Morgan fingerprint density at radius 3 is 2.71 bits per heavy atom. The van der Waals surface area contributed by atoms with E-state index in [1.807, 2.05) is 0 Å². The first-order valence-corrected chi connectivity index (χ1v) is 9.39. The van der Waals surface area contributed by atoms with Gasteiger partial charge in [-0.05, 0) is 43.7 Å². The highest BCUT2D eigenvalue weighted by Gasteiger charge is 2.17. The van der Waals surface area contributed by atoms with Crippen LogP contribution in [0, 0.1) is 6.92 Å². The standard InChI is InChI=1S/C20H18N2O5S/c1-3-26-20(25)18-12(2)10-17(28-18)22-16(23)11-27-19(24)14-6-4-8-15-13(14)7-5-9-21-15/h4-10H,3,11H2,1-2H3,(H,22,23). The summed E-state index contributed by atoms with van der Waals surface area (Å²) >= 11 is 1.11. The minimum absolute atomic E-state index is 0.275. The molecule has 2 aromatic heterocycles. The lowest BCUT2D eigenvalue weighted by Gasteiger charge is -2.07. The number of pyridine rings is 1. The zero-order valence-electron chi connectivity index (χ0n) is 15.4. The summed E-state index contributed by atoms with van der Waals surface area (Å²) in [6.45, 7) is 3.32. The van der Waals surface area contributed by atoms with E-state index in [9.17, 15) is 14.4 Å². The molecule has 144 valence electrons. The van der Waals surface area contributed by atoms with Crippen LogP contribution in [-0.2, 0) is 14.3 Å². The molecule has 0 atom stereocenters. The number of hydrogen-bond donors (Lipinski definition) is 1. The van der Waals surface area contributed by atoms with Gasteiger partial charge < -0.3 is 14.8 Å². The number of anilines is 1. The lowest BCUT2D eigenvalue weighted by atomic mass is 10.1. The summed E-state index contributed by atoms with van der Waals surface area (Å²) in [7, 11) is 0. The van der Waals surface area contributed by atoms with E-state index >= 15 is 0 Å². The molecule has 0 aliphatic heterocycles. The lowest BCUT2D eigenvalue weighted by molar-refractivity contribution is -0.119. The first-order chi connectivity index (χ1) is 13.5. The summed E-state index contributed by atoms with van der Waals surface area (Å²) in [6.07, 6.45) is 1.64. The van der Waals surface area contributed by atoms with Crippen molar-refractivity contribution in [2.45, 2.75) is 13.8 Å². The van der Waals surface area contributed by atoms with Gasteiger partial charge >= 0.3 is 11.9 Å². The molecule has 3 rings (SSSR count). The Morgan fingerprint density at radius 1 is 1.11 bits per heavy atom. The molecule has 1 aromatic carbocycles. The number of aryl methyl sites for hydroxylation is 1. The van der Waals surface area contributed by atoms with Gasteiger partial charge in [0.15, 0.2) is 6.61 Å². The number of nitrogens with zero attached hydrogens (tertiary/aromatic N) is 1. The Kier molecular flexibility index (Phi) is 6.00. The van der Waals surface area contributed by atoms with Crippen LogP contribution < -0.4 is 5.32 Å². The Labute approximate surface area is 165 Å². The van der Waals surface area contributed by atoms with E-state index in [0.717, 1.165) is 11.3 Å². The second kappa shape index (κ2) is 8.62. The van der Waals surface area contributed by atoms with E-state index in [2.05, 4.69) is 10.3 Å². The number of amides is 1. The van der Waals surface area contributed by atoms with Gasteiger partial charge in [0.05, 0.1) is 22.7 Å². The molecule has 0 fully saturated rings.